The summed E-state index contributed by atoms with van der Waals surface area (Å²) in [7, 11) is 0. The van der Waals surface area contributed by atoms with Gasteiger partial charge in [-0.15, -0.1) is 10.2 Å². The molecule has 2 aromatic heterocycles. The second-order valence-electron chi connectivity index (χ2n) is 8.51. The van der Waals surface area contributed by atoms with Gasteiger partial charge in [0.05, 0.1) is 16.7 Å². The number of thioether (sulfide) groups is 1. The van der Waals surface area contributed by atoms with Gasteiger partial charge in [0.15, 0.2) is 10.9 Å². The van der Waals surface area contributed by atoms with Crippen LogP contribution < -0.4 is 5.56 Å². The van der Waals surface area contributed by atoms with Gasteiger partial charge in [-0.2, -0.15) is 0 Å². The van der Waals surface area contributed by atoms with Crippen LogP contribution in [0.5, 0.6) is 0 Å². The van der Waals surface area contributed by atoms with Crippen LogP contribution in [-0.4, -0.2) is 30.7 Å². The number of nitrogens with zero attached hydrogens (tertiary/aromatic N) is 4. The molecule has 0 amide bonds. The van der Waals surface area contributed by atoms with E-state index < -0.39 is 0 Å². The molecular formula is C26H24N4O2S. The minimum absolute atomic E-state index is 0.0333. The van der Waals surface area contributed by atoms with Crippen molar-refractivity contribution in [3.8, 4) is 0 Å². The molecule has 2 heterocycles. The zero-order chi connectivity index (χ0) is 22.9. The Hall–Kier alpha value is -3.45. The van der Waals surface area contributed by atoms with E-state index in [0.29, 0.717) is 34.3 Å². The molecule has 5 aromatic rings. The summed E-state index contributed by atoms with van der Waals surface area (Å²) in [4.78, 5) is 26.3. The molecule has 5 rings (SSSR count). The molecular weight excluding hydrogens is 432 g/mol. The third-order valence-electron chi connectivity index (χ3n) is 5.83. The summed E-state index contributed by atoms with van der Waals surface area (Å²) in [5.74, 6) is 1.23. The first-order valence-corrected chi connectivity index (χ1v) is 12.0. The number of hydrogen-bond donors (Lipinski definition) is 0. The van der Waals surface area contributed by atoms with E-state index in [1.807, 2.05) is 71.1 Å². The highest BCUT2D eigenvalue weighted by Crippen LogP contribution is 2.25. The van der Waals surface area contributed by atoms with E-state index in [2.05, 4.69) is 24.0 Å². The Morgan fingerprint density at radius 2 is 1.67 bits per heavy atom. The normalized spacial score (nSPS) is 11.7. The van der Waals surface area contributed by atoms with Gasteiger partial charge >= 0.3 is 0 Å². The van der Waals surface area contributed by atoms with E-state index in [1.54, 1.807) is 4.57 Å². The van der Waals surface area contributed by atoms with Gasteiger partial charge in [0, 0.05) is 12.1 Å². The van der Waals surface area contributed by atoms with Crippen LogP contribution in [-0.2, 0) is 6.54 Å². The van der Waals surface area contributed by atoms with Crippen molar-refractivity contribution in [3.05, 3.63) is 82.6 Å². The monoisotopic (exact) mass is 456 g/mol. The average molecular weight is 457 g/mol. The van der Waals surface area contributed by atoms with Crippen LogP contribution in [0.4, 0.5) is 0 Å². The molecule has 33 heavy (non-hydrogen) atoms. The van der Waals surface area contributed by atoms with Gasteiger partial charge in [0.25, 0.3) is 5.56 Å². The first-order chi connectivity index (χ1) is 16.0. The Morgan fingerprint density at radius 3 is 2.48 bits per heavy atom. The molecule has 0 aliphatic heterocycles. The third kappa shape index (κ3) is 3.93. The fraction of sp³-hybridized carbons (Fsp3) is 0.231. The van der Waals surface area contributed by atoms with E-state index in [1.165, 1.54) is 11.8 Å². The summed E-state index contributed by atoms with van der Waals surface area (Å²) in [6.45, 7) is 4.84. The topological polar surface area (TPSA) is 69.3 Å². The van der Waals surface area contributed by atoms with Crippen molar-refractivity contribution in [3.63, 3.8) is 0 Å². The van der Waals surface area contributed by atoms with Crippen molar-refractivity contribution in [2.45, 2.75) is 32.0 Å². The molecule has 166 valence electrons. The van der Waals surface area contributed by atoms with E-state index >= 15 is 0 Å². The van der Waals surface area contributed by atoms with E-state index in [0.717, 1.165) is 22.7 Å². The van der Waals surface area contributed by atoms with Crippen molar-refractivity contribution >= 4 is 45.0 Å². The molecule has 3 aromatic carbocycles. The van der Waals surface area contributed by atoms with Crippen LogP contribution in [0.3, 0.4) is 0 Å². The summed E-state index contributed by atoms with van der Waals surface area (Å²) in [5, 5.41) is 11.9. The van der Waals surface area contributed by atoms with Crippen molar-refractivity contribution in [2.75, 3.05) is 5.75 Å². The summed E-state index contributed by atoms with van der Waals surface area (Å²) in [5.41, 5.74) is 1.39. The largest absolute Gasteiger partial charge is 0.293 e. The summed E-state index contributed by atoms with van der Waals surface area (Å²) >= 11 is 1.35. The predicted octanol–water partition coefficient (Wildman–Crippen LogP) is 5.22. The Balaban J connectivity index is 1.54. The SMILES string of the molecule is CC(C)CCn1c(=O)c2ccccc2n2c(SCC(=O)c3cccc4ccccc34)nnc12. The number of para-hydroxylation sites is 1. The molecule has 0 atom stereocenters. The number of fused-ring (bicyclic) bond motifs is 4. The second kappa shape index (κ2) is 8.83. The molecule has 0 aliphatic carbocycles. The van der Waals surface area contributed by atoms with Gasteiger partial charge in [0.2, 0.25) is 5.78 Å². The highest BCUT2D eigenvalue weighted by Gasteiger charge is 2.18. The molecule has 6 nitrogen and oxygen atoms in total. The molecule has 0 aliphatic rings. The van der Waals surface area contributed by atoms with E-state index in [9.17, 15) is 9.59 Å². The van der Waals surface area contributed by atoms with Gasteiger partial charge < -0.3 is 0 Å². The molecule has 0 fully saturated rings. The lowest BCUT2D eigenvalue weighted by Crippen LogP contribution is -2.24. The number of hydrogen-bond acceptors (Lipinski definition) is 5. The molecule has 7 heteroatoms. The van der Waals surface area contributed by atoms with Gasteiger partial charge in [-0.1, -0.05) is 80.2 Å². The average Bonchev–Trinajstić information content (AvgIpc) is 3.26. The first kappa shape index (κ1) is 21.4. The Kier molecular flexibility index (Phi) is 5.72. The van der Waals surface area contributed by atoms with Crippen LogP contribution in [0, 0.1) is 5.92 Å². The molecule has 0 bridgehead atoms. The highest BCUT2D eigenvalue weighted by atomic mass is 32.2. The lowest BCUT2D eigenvalue weighted by molar-refractivity contribution is 0.102. The minimum Gasteiger partial charge on any atom is -0.293 e. The molecule has 0 N–H and O–H groups in total. The minimum atomic E-state index is -0.0606. The molecule has 0 saturated carbocycles. The van der Waals surface area contributed by atoms with Crippen molar-refractivity contribution in [2.24, 2.45) is 5.92 Å². The van der Waals surface area contributed by atoms with Crippen LogP contribution in [0.15, 0.2) is 76.7 Å². The highest BCUT2D eigenvalue weighted by molar-refractivity contribution is 7.99. The lowest BCUT2D eigenvalue weighted by atomic mass is 10.0. The maximum absolute atomic E-state index is 13.2. The Bertz CT molecular complexity index is 1550. The molecule has 0 unspecified atom stereocenters. The molecule has 0 saturated heterocycles. The van der Waals surface area contributed by atoms with Gasteiger partial charge in [0.1, 0.15) is 0 Å². The third-order valence-corrected chi connectivity index (χ3v) is 6.76. The number of Topliss-reactive ketones (excluding diaryl/α,β-unsaturated/α-hetero) is 1. The maximum Gasteiger partial charge on any atom is 0.262 e. The van der Waals surface area contributed by atoms with E-state index in [-0.39, 0.29) is 17.1 Å². The number of carbonyl (C=O) groups is 1. The van der Waals surface area contributed by atoms with Gasteiger partial charge in [-0.25, -0.2) is 0 Å². The van der Waals surface area contributed by atoms with Crippen LogP contribution in [0.25, 0.3) is 27.5 Å². The number of aryl methyl sites for hydroxylation is 1. The number of aromatic nitrogens is 4. The molecule has 0 radical (unpaired) electrons. The fourth-order valence-electron chi connectivity index (χ4n) is 4.09. The first-order valence-electron chi connectivity index (χ1n) is 11.0. The van der Waals surface area contributed by atoms with Crippen molar-refractivity contribution < 1.29 is 4.79 Å². The Morgan fingerprint density at radius 1 is 0.939 bits per heavy atom. The van der Waals surface area contributed by atoms with E-state index in [4.69, 9.17) is 0 Å². The van der Waals surface area contributed by atoms with Crippen LogP contribution >= 0.6 is 11.8 Å². The summed E-state index contributed by atoms with van der Waals surface area (Å²) < 4.78 is 3.60. The van der Waals surface area contributed by atoms with Crippen LogP contribution in [0.1, 0.15) is 30.6 Å². The summed E-state index contributed by atoms with van der Waals surface area (Å²) in [6.07, 6.45) is 0.864. The van der Waals surface area contributed by atoms with Gasteiger partial charge in [-0.3, -0.25) is 18.6 Å². The second-order valence-corrected chi connectivity index (χ2v) is 9.46. The number of rotatable bonds is 7. The maximum atomic E-state index is 13.2. The number of benzene rings is 3. The van der Waals surface area contributed by atoms with Crippen molar-refractivity contribution in [1.82, 2.24) is 19.2 Å². The standard InChI is InChI=1S/C26H24N4O2S/c1-17(2)14-15-29-24(32)21-11-5-6-13-22(21)30-25(29)27-28-26(30)33-16-23(31)20-12-7-9-18-8-3-4-10-19(18)20/h3-13,17H,14-16H2,1-2H3. The summed E-state index contributed by atoms with van der Waals surface area (Å²) in [6, 6.07) is 21.2. The van der Waals surface area contributed by atoms with Crippen LogP contribution in [0.2, 0.25) is 0 Å². The predicted molar refractivity (Wildman–Crippen MR) is 133 cm³/mol. The van der Waals surface area contributed by atoms with Crippen molar-refractivity contribution in [1.29, 1.82) is 0 Å². The zero-order valence-electron chi connectivity index (χ0n) is 18.6. The number of carbonyl (C=O) groups excluding carboxylic acids is 1. The fourth-order valence-corrected chi connectivity index (χ4v) is 4.92. The van der Waals surface area contributed by atoms with Gasteiger partial charge in [-0.05, 0) is 35.2 Å². The zero-order valence-corrected chi connectivity index (χ0v) is 19.4. The quantitative estimate of drug-likeness (QED) is 0.248. The number of ketones is 1. The Labute approximate surface area is 195 Å². The molecule has 0 spiro atoms. The smallest absolute Gasteiger partial charge is 0.262 e. The lowest BCUT2D eigenvalue weighted by Gasteiger charge is -2.12.